The van der Waals surface area contributed by atoms with Crippen molar-refractivity contribution in [3.8, 4) is 5.69 Å². The van der Waals surface area contributed by atoms with Crippen molar-refractivity contribution in [3.05, 3.63) is 47.8 Å². The number of carbonyl (C=O) groups is 2. The Kier molecular flexibility index (Phi) is 5.28. The fourth-order valence-electron chi connectivity index (χ4n) is 2.03. The molecule has 0 radical (unpaired) electrons. The van der Waals surface area contributed by atoms with E-state index in [0.717, 1.165) is 16.8 Å². The summed E-state index contributed by atoms with van der Waals surface area (Å²) < 4.78 is 32.7. The highest BCUT2D eigenvalue weighted by atomic mass is 19.1. The van der Waals surface area contributed by atoms with Crippen LogP contribution in [0.5, 0.6) is 0 Å². The largest absolute Gasteiger partial charge is 0.464 e. The summed E-state index contributed by atoms with van der Waals surface area (Å²) in [5.41, 5.74) is 0.175. The number of benzene rings is 1. The minimum Gasteiger partial charge on any atom is -0.464 e. The molecular formula is C16H17F2N3O3. The average Bonchev–Trinajstić information content (AvgIpc) is 3.02. The van der Waals surface area contributed by atoms with Crippen LogP contribution >= 0.6 is 0 Å². The molecule has 0 spiro atoms. The molecule has 2 aromatic rings. The Bertz CT molecular complexity index is 761. The van der Waals surface area contributed by atoms with E-state index in [1.54, 1.807) is 13.8 Å². The lowest BCUT2D eigenvalue weighted by Gasteiger charge is -2.22. The van der Waals surface area contributed by atoms with Crippen molar-refractivity contribution in [1.29, 1.82) is 0 Å². The maximum atomic E-state index is 13.8. The van der Waals surface area contributed by atoms with Crippen LogP contribution in [0.4, 0.5) is 8.78 Å². The van der Waals surface area contributed by atoms with Crippen molar-refractivity contribution in [2.75, 3.05) is 13.7 Å². The highest BCUT2D eigenvalue weighted by molar-refractivity contribution is 5.96. The first-order valence-electron chi connectivity index (χ1n) is 7.29. The molecule has 128 valence electrons. The van der Waals surface area contributed by atoms with Gasteiger partial charge in [0.15, 0.2) is 5.82 Å². The molecule has 1 aromatic carbocycles. The zero-order valence-corrected chi connectivity index (χ0v) is 13.5. The molecule has 1 heterocycles. The molecule has 1 amide bonds. The van der Waals surface area contributed by atoms with Gasteiger partial charge in [-0.25, -0.2) is 18.3 Å². The molecule has 0 unspecified atom stereocenters. The molecule has 24 heavy (non-hydrogen) atoms. The number of hydrogen-bond donors (Lipinski definition) is 0. The van der Waals surface area contributed by atoms with Gasteiger partial charge >= 0.3 is 5.97 Å². The number of esters is 1. The van der Waals surface area contributed by atoms with Crippen LogP contribution in [-0.4, -0.2) is 46.3 Å². The number of rotatable bonds is 5. The van der Waals surface area contributed by atoms with E-state index in [-0.39, 0.29) is 17.9 Å². The van der Waals surface area contributed by atoms with Crippen LogP contribution in [0.2, 0.25) is 0 Å². The summed E-state index contributed by atoms with van der Waals surface area (Å²) in [7, 11) is 1.46. The molecule has 1 atom stereocenters. The second-order valence-corrected chi connectivity index (χ2v) is 5.11. The minimum atomic E-state index is -0.801. The van der Waals surface area contributed by atoms with Crippen molar-refractivity contribution in [2.45, 2.75) is 19.9 Å². The van der Waals surface area contributed by atoms with Gasteiger partial charge in [0.25, 0.3) is 5.91 Å². The van der Waals surface area contributed by atoms with Crippen LogP contribution in [0.25, 0.3) is 5.69 Å². The highest BCUT2D eigenvalue weighted by Gasteiger charge is 2.25. The highest BCUT2D eigenvalue weighted by Crippen LogP contribution is 2.15. The minimum absolute atomic E-state index is 0.0107. The Morgan fingerprint density at radius 3 is 2.71 bits per heavy atom. The third kappa shape index (κ3) is 3.58. The van der Waals surface area contributed by atoms with E-state index in [9.17, 15) is 18.4 Å². The predicted octanol–water partition coefficient (Wildman–Crippen LogP) is 2.17. The zero-order valence-electron chi connectivity index (χ0n) is 13.5. The van der Waals surface area contributed by atoms with E-state index in [0.29, 0.717) is 0 Å². The molecule has 0 bridgehead atoms. The lowest BCUT2D eigenvalue weighted by Crippen LogP contribution is -2.41. The van der Waals surface area contributed by atoms with Gasteiger partial charge < -0.3 is 9.64 Å². The molecule has 0 aliphatic carbocycles. The van der Waals surface area contributed by atoms with Gasteiger partial charge in [-0.15, -0.1) is 0 Å². The van der Waals surface area contributed by atoms with Crippen molar-refractivity contribution in [3.63, 3.8) is 0 Å². The van der Waals surface area contributed by atoms with Gasteiger partial charge in [0.1, 0.15) is 17.5 Å². The monoisotopic (exact) mass is 337 g/mol. The number of likely N-dealkylation sites (N-methyl/N-ethyl adjacent to an activating group) is 1. The molecule has 0 saturated carbocycles. The number of carbonyl (C=O) groups excluding carboxylic acids is 2. The maximum Gasteiger partial charge on any atom is 0.328 e. The first kappa shape index (κ1) is 17.6. The molecule has 0 fully saturated rings. The fraction of sp³-hybridized carbons (Fsp3) is 0.312. The molecule has 0 saturated heterocycles. The summed E-state index contributed by atoms with van der Waals surface area (Å²) in [6, 6.07) is 2.27. The first-order chi connectivity index (χ1) is 11.3. The smallest absolute Gasteiger partial charge is 0.328 e. The number of halogens is 2. The van der Waals surface area contributed by atoms with Crippen molar-refractivity contribution in [2.24, 2.45) is 0 Å². The number of amides is 1. The Morgan fingerprint density at radius 2 is 2.08 bits per heavy atom. The number of aromatic nitrogens is 2. The SMILES string of the molecule is CCOC(=O)[C@@H](C)N(C)C(=O)c1cnn(-c2ccc(F)cc2F)c1. The van der Waals surface area contributed by atoms with Crippen molar-refractivity contribution >= 4 is 11.9 Å². The van der Waals surface area contributed by atoms with Crippen LogP contribution in [0.3, 0.4) is 0 Å². The molecule has 8 heteroatoms. The van der Waals surface area contributed by atoms with E-state index < -0.39 is 29.6 Å². The average molecular weight is 337 g/mol. The summed E-state index contributed by atoms with van der Waals surface area (Å²) in [6.07, 6.45) is 2.56. The van der Waals surface area contributed by atoms with Crippen LogP contribution in [0, 0.1) is 11.6 Å². The first-order valence-corrected chi connectivity index (χ1v) is 7.29. The summed E-state index contributed by atoms with van der Waals surface area (Å²) in [6.45, 7) is 3.43. The number of hydrogen-bond acceptors (Lipinski definition) is 4. The number of nitrogens with zero attached hydrogens (tertiary/aromatic N) is 3. The van der Waals surface area contributed by atoms with Gasteiger partial charge in [0.05, 0.1) is 18.4 Å². The van der Waals surface area contributed by atoms with Crippen LogP contribution < -0.4 is 0 Å². The number of ether oxygens (including phenoxy) is 1. The van der Waals surface area contributed by atoms with Crippen molar-refractivity contribution in [1.82, 2.24) is 14.7 Å². The Morgan fingerprint density at radius 1 is 1.38 bits per heavy atom. The predicted molar refractivity (Wildman–Crippen MR) is 81.7 cm³/mol. The second-order valence-electron chi connectivity index (χ2n) is 5.11. The normalized spacial score (nSPS) is 11.9. The Labute approximate surface area is 137 Å². The van der Waals surface area contributed by atoms with Gasteiger partial charge in [-0.1, -0.05) is 0 Å². The molecule has 2 rings (SSSR count). The zero-order chi connectivity index (χ0) is 17.9. The lowest BCUT2D eigenvalue weighted by molar-refractivity contribution is -0.147. The summed E-state index contributed by atoms with van der Waals surface area (Å²) in [4.78, 5) is 25.3. The summed E-state index contributed by atoms with van der Waals surface area (Å²) in [5, 5.41) is 3.91. The third-order valence-corrected chi connectivity index (χ3v) is 3.52. The topological polar surface area (TPSA) is 64.4 Å². The van der Waals surface area contributed by atoms with Gasteiger partial charge in [0.2, 0.25) is 0 Å². The van der Waals surface area contributed by atoms with E-state index in [4.69, 9.17) is 4.74 Å². The van der Waals surface area contributed by atoms with Gasteiger partial charge in [-0.2, -0.15) is 5.10 Å². The van der Waals surface area contributed by atoms with Crippen LogP contribution in [-0.2, 0) is 9.53 Å². The van der Waals surface area contributed by atoms with Gasteiger partial charge in [0, 0.05) is 19.3 Å². The molecular weight excluding hydrogens is 320 g/mol. The molecule has 6 nitrogen and oxygen atoms in total. The van der Waals surface area contributed by atoms with Crippen LogP contribution in [0.15, 0.2) is 30.6 Å². The van der Waals surface area contributed by atoms with E-state index in [2.05, 4.69) is 5.10 Å². The van der Waals surface area contributed by atoms with Crippen molar-refractivity contribution < 1.29 is 23.1 Å². The van der Waals surface area contributed by atoms with E-state index in [1.165, 1.54) is 30.4 Å². The quantitative estimate of drug-likeness (QED) is 0.785. The molecule has 1 aromatic heterocycles. The Balaban J connectivity index is 2.20. The molecule has 0 aliphatic heterocycles. The third-order valence-electron chi connectivity index (χ3n) is 3.52. The fourth-order valence-corrected chi connectivity index (χ4v) is 2.03. The van der Waals surface area contributed by atoms with Gasteiger partial charge in [-0.3, -0.25) is 4.79 Å². The van der Waals surface area contributed by atoms with Crippen LogP contribution in [0.1, 0.15) is 24.2 Å². The second kappa shape index (κ2) is 7.20. The van der Waals surface area contributed by atoms with E-state index in [1.807, 2.05) is 0 Å². The molecule has 0 N–H and O–H groups in total. The maximum absolute atomic E-state index is 13.8. The van der Waals surface area contributed by atoms with Gasteiger partial charge in [-0.05, 0) is 26.0 Å². The lowest BCUT2D eigenvalue weighted by atomic mass is 10.2. The summed E-state index contributed by atoms with van der Waals surface area (Å²) >= 11 is 0. The summed E-state index contributed by atoms with van der Waals surface area (Å²) in [5.74, 6) is -2.50. The molecule has 0 aliphatic rings. The Hall–Kier alpha value is -2.77. The van der Waals surface area contributed by atoms with E-state index >= 15 is 0 Å². The standard InChI is InChI=1S/C16H17F2N3O3/c1-4-24-16(23)10(2)20(3)15(22)11-8-19-21(9-11)14-6-5-12(17)7-13(14)18/h5-10H,4H2,1-3H3/t10-/m1/s1.